The minimum absolute atomic E-state index is 0. The molecule has 0 saturated heterocycles. The number of rotatable bonds is 8. The van der Waals surface area contributed by atoms with Crippen LogP contribution in [0.1, 0.15) is 38.1 Å². The fraction of sp³-hybridized carbons (Fsp3) is 0.348. The van der Waals surface area contributed by atoms with E-state index >= 15 is 0 Å². The number of ether oxygens (including phenoxy) is 2. The van der Waals surface area contributed by atoms with Crippen molar-refractivity contribution in [3.05, 3.63) is 59.8 Å². The quantitative estimate of drug-likeness (QED) is 0.221. The molecule has 0 fully saturated rings. The first-order valence-electron chi connectivity index (χ1n) is 10.1. The van der Waals surface area contributed by atoms with Crippen LogP contribution in [0.2, 0.25) is 0 Å². The van der Waals surface area contributed by atoms with Crippen molar-refractivity contribution in [3.8, 4) is 11.5 Å². The molecule has 3 rings (SSSR count). The summed E-state index contributed by atoms with van der Waals surface area (Å²) in [5.74, 6) is 2.27. The van der Waals surface area contributed by atoms with Gasteiger partial charge in [0, 0.05) is 18.3 Å². The highest BCUT2D eigenvalue weighted by Gasteiger charge is 2.12. The van der Waals surface area contributed by atoms with Crippen molar-refractivity contribution in [1.82, 2.24) is 15.6 Å². The van der Waals surface area contributed by atoms with E-state index in [0.717, 1.165) is 34.2 Å². The average molecular weight is 522 g/mol. The number of nitrogens with one attached hydrogen (secondary N) is 3. The van der Waals surface area contributed by atoms with E-state index < -0.39 is 0 Å². The van der Waals surface area contributed by atoms with Gasteiger partial charge in [0.15, 0.2) is 17.5 Å². The molecule has 0 bridgehead atoms. The van der Waals surface area contributed by atoms with Crippen LogP contribution < -0.4 is 20.1 Å². The molecule has 1 unspecified atom stereocenters. The number of aromatic amines is 1. The Labute approximate surface area is 195 Å². The maximum Gasteiger partial charge on any atom is 0.191 e. The third kappa shape index (κ3) is 6.04. The van der Waals surface area contributed by atoms with Gasteiger partial charge in [-0.1, -0.05) is 24.3 Å². The summed E-state index contributed by atoms with van der Waals surface area (Å²) in [5, 5.41) is 8.01. The zero-order valence-corrected chi connectivity index (χ0v) is 20.3. The van der Waals surface area contributed by atoms with Crippen LogP contribution >= 0.6 is 24.0 Å². The zero-order valence-electron chi connectivity index (χ0n) is 18.0. The Balaban J connectivity index is 0.00000320. The number of halogens is 1. The normalized spacial score (nSPS) is 12.2. The number of H-pyrrole nitrogens is 1. The van der Waals surface area contributed by atoms with Crippen molar-refractivity contribution in [1.29, 1.82) is 0 Å². The van der Waals surface area contributed by atoms with Crippen LogP contribution in [0.4, 0.5) is 0 Å². The van der Waals surface area contributed by atoms with Gasteiger partial charge >= 0.3 is 0 Å². The number of para-hydroxylation sites is 1. The lowest BCUT2D eigenvalue weighted by Gasteiger charge is -2.20. The van der Waals surface area contributed by atoms with Crippen LogP contribution in [0.5, 0.6) is 11.5 Å². The van der Waals surface area contributed by atoms with Gasteiger partial charge < -0.3 is 25.1 Å². The van der Waals surface area contributed by atoms with Crippen molar-refractivity contribution in [3.63, 3.8) is 0 Å². The predicted octanol–water partition coefficient (Wildman–Crippen LogP) is 5.01. The molecule has 2 aromatic carbocycles. The van der Waals surface area contributed by atoms with Crippen molar-refractivity contribution in [2.45, 2.75) is 33.4 Å². The first-order valence-corrected chi connectivity index (χ1v) is 10.1. The van der Waals surface area contributed by atoms with Crippen LogP contribution in [0.25, 0.3) is 10.9 Å². The minimum atomic E-state index is 0. The largest absolute Gasteiger partial charge is 0.490 e. The van der Waals surface area contributed by atoms with Gasteiger partial charge in [-0.05, 0) is 56.0 Å². The van der Waals surface area contributed by atoms with Gasteiger partial charge in [0.1, 0.15) is 0 Å². The Morgan fingerprint density at radius 3 is 2.47 bits per heavy atom. The van der Waals surface area contributed by atoms with E-state index in [1.807, 2.05) is 38.1 Å². The van der Waals surface area contributed by atoms with E-state index in [4.69, 9.17) is 9.47 Å². The Kier molecular flexibility index (Phi) is 9.29. The molecule has 6 nitrogen and oxygen atoms in total. The maximum absolute atomic E-state index is 5.74. The number of aliphatic imine (C=N–C) groups is 1. The first-order chi connectivity index (χ1) is 14.1. The molecule has 0 aliphatic rings. The average Bonchev–Trinajstić information content (AvgIpc) is 3.15. The van der Waals surface area contributed by atoms with Gasteiger partial charge in [-0.15, -0.1) is 24.0 Å². The number of hydrogen-bond donors (Lipinski definition) is 3. The molecule has 3 N–H and O–H groups in total. The van der Waals surface area contributed by atoms with Crippen molar-refractivity contribution >= 4 is 40.8 Å². The van der Waals surface area contributed by atoms with Crippen molar-refractivity contribution in [2.24, 2.45) is 4.99 Å². The molecule has 1 aromatic heterocycles. The van der Waals surface area contributed by atoms with Crippen LogP contribution in [0.15, 0.2) is 53.5 Å². The Morgan fingerprint density at radius 2 is 1.77 bits per heavy atom. The molecule has 0 spiro atoms. The van der Waals surface area contributed by atoms with Gasteiger partial charge in [-0.2, -0.15) is 0 Å². The van der Waals surface area contributed by atoms with Crippen LogP contribution in [-0.2, 0) is 6.54 Å². The Bertz CT molecular complexity index is 938. The summed E-state index contributed by atoms with van der Waals surface area (Å²) in [6, 6.07) is 16.5. The fourth-order valence-corrected chi connectivity index (χ4v) is 3.23. The number of guanidine groups is 1. The molecular formula is C23H31IN4O2. The number of benzene rings is 2. The van der Waals surface area contributed by atoms with Crippen molar-refractivity contribution in [2.75, 3.05) is 20.3 Å². The van der Waals surface area contributed by atoms with Gasteiger partial charge in [-0.3, -0.25) is 4.99 Å². The monoisotopic (exact) mass is 522 g/mol. The molecule has 1 atom stereocenters. The van der Waals surface area contributed by atoms with E-state index in [-0.39, 0.29) is 30.0 Å². The van der Waals surface area contributed by atoms with Gasteiger partial charge in [0.2, 0.25) is 0 Å². The van der Waals surface area contributed by atoms with Gasteiger partial charge in [-0.25, -0.2) is 0 Å². The Hall–Kier alpha value is -2.42. The summed E-state index contributed by atoms with van der Waals surface area (Å²) in [7, 11) is 1.77. The standard InChI is InChI=1S/C23H30N4O2.HI/c1-5-28-21-12-11-17(14-22(21)29-6-2)16(3)26-23(24-4)25-15-19-13-18-9-7-8-10-20(18)27-19;/h7-14,16,27H,5-6,15H2,1-4H3,(H2,24,25,26);1H. The number of hydrogen-bond acceptors (Lipinski definition) is 3. The molecule has 162 valence electrons. The molecule has 30 heavy (non-hydrogen) atoms. The van der Waals surface area contributed by atoms with E-state index in [1.165, 1.54) is 5.39 Å². The van der Waals surface area contributed by atoms with E-state index in [2.05, 4.69) is 51.8 Å². The molecule has 0 saturated carbocycles. The molecule has 0 radical (unpaired) electrons. The maximum atomic E-state index is 5.74. The summed E-state index contributed by atoms with van der Waals surface area (Å²) < 4.78 is 11.4. The second-order valence-electron chi connectivity index (χ2n) is 6.75. The molecule has 0 amide bonds. The lowest BCUT2D eigenvalue weighted by Crippen LogP contribution is -2.38. The first kappa shape index (κ1) is 23.9. The van der Waals surface area contributed by atoms with E-state index in [1.54, 1.807) is 7.05 Å². The molecule has 7 heteroatoms. The van der Waals surface area contributed by atoms with Crippen LogP contribution in [0, 0.1) is 0 Å². The lowest BCUT2D eigenvalue weighted by molar-refractivity contribution is 0.287. The second-order valence-corrected chi connectivity index (χ2v) is 6.75. The van der Waals surface area contributed by atoms with Gasteiger partial charge in [0.25, 0.3) is 0 Å². The fourth-order valence-electron chi connectivity index (χ4n) is 3.23. The number of nitrogens with zero attached hydrogens (tertiary/aromatic N) is 1. The summed E-state index contributed by atoms with van der Waals surface area (Å²) in [4.78, 5) is 7.78. The minimum Gasteiger partial charge on any atom is -0.490 e. The smallest absolute Gasteiger partial charge is 0.191 e. The van der Waals surface area contributed by atoms with Crippen molar-refractivity contribution < 1.29 is 9.47 Å². The molecule has 0 aliphatic carbocycles. The van der Waals surface area contributed by atoms with Gasteiger partial charge in [0.05, 0.1) is 25.8 Å². The summed E-state index contributed by atoms with van der Waals surface area (Å²) in [5.41, 5.74) is 3.35. The molecular weight excluding hydrogens is 491 g/mol. The highest BCUT2D eigenvalue weighted by molar-refractivity contribution is 14.0. The molecule has 1 heterocycles. The Morgan fingerprint density at radius 1 is 1.03 bits per heavy atom. The SMILES string of the molecule is CCOc1ccc(C(C)NC(=NC)NCc2cc3ccccc3[nH]2)cc1OCC.I. The van der Waals surface area contributed by atoms with Crippen LogP contribution in [0.3, 0.4) is 0 Å². The lowest BCUT2D eigenvalue weighted by atomic mass is 10.1. The number of aromatic nitrogens is 1. The molecule has 0 aliphatic heterocycles. The zero-order chi connectivity index (χ0) is 20.6. The highest BCUT2D eigenvalue weighted by atomic mass is 127. The topological polar surface area (TPSA) is 70.7 Å². The summed E-state index contributed by atoms with van der Waals surface area (Å²) >= 11 is 0. The highest BCUT2D eigenvalue weighted by Crippen LogP contribution is 2.30. The number of fused-ring (bicyclic) bond motifs is 1. The third-order valence-electron chi connectivity index (χ3n) is 4.68. The third-order valence-corrected chi connectivity index (χ3v) is 4.68. The molecule has 3 aromatic rings. The second kappa shape index (κ2) is 11.7. The summed E-state index contributed by atoms with van der Waals surface area (Å²) in [6.07, 6.45) is 0. The predicted molar refractivity (Wildman–Crippen MR) is 134 cm³/mol. The van der Waals surface area contributed by atoms with Crippen LogP contribution in [-0.4, -0.2) is 31.2 Å². The van der Waals surface area contributed by atoms with E-state index in [9.17, 15) is 0 Å². The van der Waals surface area contributed by atoms with E-state index in [0.29, 0.717) is 19.8 Å². The summed E-state index contributed by atoms with van der Waals surface area (Å²) in [6.45, 7) is 7.91.